The van der Waals surface area contributed by atoms with E-state index in [4.69, 9.17) is 0 Å². The van der Waals surface area contributed by atoms with Crippen LogP contribution in [0.1, 0.15) is 6.42 Å². The van der Waals surface area contributed by atoms with E-state index in [0.29, 0.717) is 13.0 Å². The summed E-state index contributed by atoms with van der Waals surface area (Å²) in [5.74, 6) is -2.39. The molecule has 2 fully saturated rings. The van der Waals surface area contributed by atoms with E-state index in [-0.39, 0.29) is 6.61 Å². The molecular weight excluding hydrogens is 142 g/mol. The summed E-state index contributed by atoms with van der Waals surface area (Å²) in [6.45, 7) is 0.553. The second-order valence-electron chi connectivity index (χ2n) is 2.68. The summed E-state index contributed by atoms with van der Waals surface area (Å²) in [6, 6.07) is 0. The number of hydrogen-bond acceptors (Lipinski definition) is 2. The molecule has 58 valence electrons. The standard InChI is InChI=1S/C6H8F2O2/c7-5-4(3-9-5)6(8)1-2-10-6/h4-5H,1-3H2. The minimum absolute atomic E-state index is 0.150. The number of ether oxygens (including phenoxy) is 2. The van der Waals surface area contributed by atoms with Crippen molar-refractivity contribution in [3.63, 3.8) is 0 Å². The van der Waals surface area contributed by atoms with Crippen LogP contribution in [0.15, 0.2) is 0 Å². The molecule has 3 atom stereocenters. The van der Waals surface area contributed by atoms with Gasteiger partial charge in [-0.25, -0.2) is 8.78 Å². The highest BCUT2D eigenvalue weighted by atomic mass is 19.2. The molecule has 2 saturated heterocycles. The van der Waals surface area contributed by atoms with Gasteiger partial charge in [-0.2, -0.15) is 0 Å². The van der Waals surface area contributed by atoms with E-state index in [9.17, 15) is 8.78 Å². The van der Waals surface area contributed by atoms with Crippen molar-refractivity contribution in [1.29, 1.82) is 0 Å². The Hall–Kier alpha value is -0.220. The predicted molar refractivity (Wildman–Crippen MR) is 28.7 cm³/mol. The molecule has 0 aromatic rings. The van der Waals surface area contributed by atoms with Crippen LogP contribution in [0, 0.1) is 5.92 Å². The van der Waals surface area contributed by atoms with Crippen LogP contribution in [0.4, 0.5) is 8.78 Å². The molecule has 0 spiro atoms. The van der Waals surface area contributed by atoms with Crippen molar-refractivity contribution in [3.8, 4) is 0 Å². The number of alkyl halides is 2. The average molecular weight is 150 g/mol. The minimum Gasteiger partial charge on any atom is -0.347 e. The molecule has 0 N–H and O–H groups in total. The van der Waals surface area contributed by atoms with Crippen molar-refractivity contribution in [2.45, 2.75) is 18.6 Å². The van der Waals surface area contributed by atoms with Gasteiger partial charge >= 0.3 is 0 Å². The molecule has 0 saturated carbocycles. The SMILES string of the molecule is FC1OCC1C1(F)CCO1. The van der Waals surface area contributed by atoms with Gasteiger partial charge in [-0.15, -0.1) is 0 Å². The van der Waals surface area contributed by atoms with Crippen LogP contribution >= 0.6 is 0 Å². The lowest BCUT2D eigenvalue weighted by Crippen LogP contribution is -2.57. The molecule has 0 bridgehead atoms. The molecule has 2 aliphatic heterocycles. The van der Waals surface area contributed by atoms with Crippen molar-refractivity contribution < 1.29 is 18.3 Å². The maximum absolute atomic E-state index is 13.1. The highest BCUT2D eigenvalue weighted by Gasteiger charge is 2.55. The van der Waals surface area contributed by atoms with Gasteiger partial charge in [0.25, 0.3) is 0 Å². The van der Waals surface area contributed by atoms with Crippen LogP contribution < -0.4 is 0 Å². The zero-order chi connectivity index (χ0) is 7.19. The number of halogens is 2. The molecule has 2 heterocycles. The van der Waals surface area contributed by atoms with E-state index in [2.05, 4.69) is 9.47 Å². The van der Waals surface area contributed by atoms with Crippen LogP contribution in [-0.4, -0.2) is 25.4 Å². The first-order valence-corrected chi connectivity index (χ1v) is 3.31. The number of hydrogen-bond donors (Lipinski definition) is 0. The van der Waals surface area contributed by atoms with Crippen molar-refractivity contribution in [1.82, 2.24) is 0 Å². The summed E-state index contributed by atoms with van der Waals surface area (Å²) in [4.78, 5) is 0. The maximum atomic E-state index is 13.1. The van der Waals surface area contributed by atoms with Crippen LogP contribution in [-0.2, 0) is 9.47 Å². The largest absolute Gasteiger partial charge is 0.347 e. The Balaban J connectivity index is 1.97. The average Bonchev–Trinajstić information content (AvgIpc) is 1.81. The third-order valence-corrected chi connectivity index (χ3v) is 2.09. The zero-order valence-electron chi connectivity index (χ0n) is 5.35. The minimum atomic E-state index is -1.71. The summed E-state index contributed by atoms with van der Waals surface area (Å²) in [6.07, 6.45) is -1.15. The van der Waals surface area contributed by atoms with E-state index in [1.54, 1.807) is 0 Å². The van der Waals surface area contributed by atoms with Gasteiger partial charge in [0.15, 0.2) is 0 Å². The van der Waals surface area contributed by atoms with Crippen LogP contribution in [0.3, 0.4) is 0 Å². The smallest absolute Gasteiger partial charge is 0.221 e. The Morgan fingerprint density at radius 1 is 1.50 bits per heavy atom. The summed E-state index contributed by atoms with van der Waals surface area (Å²) in [5.41, 5.74) is 0. The van der Waals surface area contributed by atoms with Gasteiger partial charge in [0, 0.05) is 6.42 Å². The first-order valence-electron chi connectivity index (χ1n) is 3.31. The van der Waals surface area contributed by atoms with E-state index in [1.165, 1.54) is 0 Å². The quantitative estimate of drug-likeness (QED) is 0.555. The fourth-order valence-corrected chi connectivity index (χ4v) is 1.17. The van der Waals surface area contributed by atoms with Gasteiger partial charge < -0.3 is 9.47 Å². The third-order valence-electron chi connectivity index (χ3n) is 2.09. The lowest BCUT2D eigenvalue weighted by molar-refractivity contribution is -0.345. The lowest BCUT2D eigenvalue weighted by Gasteiger charge is -2.45. The highest BCUT2D eigenvalue weighted by molar-refractivity contribution is 4.90. The van der Waals surface area contributed by atoms with Crippen LogP contribution in [0.5, 0.6) is 0 Å². The molecule has 0 amide bonds. The molecule has 0 radical (unpaired) electrons. The summed E-state index contributed by atoms with van der Waals surface area (Å²) in [7, 11) is 0. The molecule has 0 aromatic heterocycles. The highest BCUT2D eigenvalue weighted by Crippen LogP contribution is 2.43. The second-order valence-corrected chi connectivity index (χ2v) is 2.68. The van der Waals surface area contributed by atoms with Gasteiger partial charge in [0.1, 0.15) is 0 Å². The first-order chi connectivity index (χ1) is 4.72. The Kier molecular flexibility index (Phi) is 1.22. The Labute approximate surface area is 57.1 Å². The van der Waals surface area contributed by atoms with Gasteiger partial charge in [0.2, 0.25) is 12.2 Å². The van der Waals surface area contributed by atoms with Gasteiger partial charge in [-0.3, -0.25) is 0 Å². The van der Waals surface area contributed by atoms with Crippen molar-refractivity contribution in [3.05, 3.63) is 0 Å². The normalized spacial score (nSPS) is 53.4. The molecule has 2 aliphatic rings. The fourth-order valence-electron chi connectivity index (χ4n) is 1.17. The van der Waals surface area contributed by atoms with Crippen molar-refractivity contribution in [2.24, 2.45) is 5.92 Å². The Morgan fingerprint density at radius 2 is 2.20 bits per heavy atom. The second kappa shape index (κ2) is 1.89. The number of rotatable bonds is 1. The Bertz CT molecular complexity index is 147. The van der Waals surface area contributed by atoms with Crippen LogP contribution in [0.25, 0.3) is 0 Å². The monoisotopic (exact) mass is 150 g/mol. The molecule has 0 aromatic carbocycles. The van der Waals surface area contributed by atoms with Crippen molar-refractivity contribution >= 4 is 0 Å². The van der Waals surface area contributed by atoms with E-state index in [0.717, 1.165) is 0 Å². The summed E-state index contributed by atoms with van der Waals surface area (Å²) >= 11 is 0. The van der Waals surface area contributed by atoms with E-state index >= 15 is 0 Å². The van der Waals surface area contributed by atoms with Gasteiger partial charge in [-0.05, 0) is 0 Å². The van der Waals surface area contributed by atoms with Gasteiger partial charge in [-0.1, -0.05) is 0 Å². The molecule has 2 nitrogen and oxygen atoms in total. The van der Waals surface area contributed by atoms with E-state index < -0.39 is 18.1 Å². The van der Waals surface area contributed by atoms with E-state index in [1.807, 2.05) is 0 Å². The maximum Gasteiger partial charge on any atom is 0.221 e. The summed E-state index contributed by atoms with van der Waals surface area (Å²) < 4.78 is 34.4. The fraction of sp³-hybridized carbons (Fsp3) is 1.00. The zero-order valence-corrected chi connectivity index (χ0v) is 5.35. The lowest BCUT2D eigenvalue weighted by atomic mass is 9.91. The molecule has 0 aliphatic carbocycles. The van der Waals surface area contributed by atoms with Crippen molar-refractivity contribution in [2.75, 3.05) is 13.2 Å². The summed E-state index contributed by atoms with van der Waals surface area (Å²) in [5, 5.41) is 0. The third kappa shape index (κ3) is 0.689. The molecule has 3 unspecified atom stereocenters. The molecule has 2 rings (SSSR count). The Morgan fingerprint density at radius 3 is 2.30 bits per heavy atom. The molecule has 4 heteroatoms. The van der Waals surface area contributed by atoms with Gasteiger partial charge in [0.05, 0.1) is 19.1 Å². The topological polar surface area (TPSA) is 18.5 Å². The molecular formula is C6H8F2O2. The predicted octanol–water partition coefficient (Wildman–Crippen LogP) is 1.01. The molecule has 10 heavy (non-hydrogen) atoms. The van der Waals surface area contributed by atoms with Crippen LogP contribution in [0.2, 0.25) is 0 Å². The first kappa shape index (κ1) is 6.49.